The molecule has 3 aromatic carbocycles. The SMILES string of the molecule is O=C(Cc1ccccc1)Nc1cc(C(=O)N2CCCNCC2)ccc1N1CCN(C(=O)c2cccc(F)c2)CC1. The molecule has 9 heteroatoms. The maximum atomic E-state index is 13.6. The molecule has 2 fully saturated rings. The van der Waals surface area contributed by atoms with Gasteiger partial charge in [-0.15, -0.1) is 0 Å². The second-order valence-corrected chi connectivity index (χ2v) is 10.1. The Kier molecular flexibility index (Phi) is 8.71. The Bertz CT molecular complexity index is 1350. The van der Waals surface area contributed by atoms with Gasteiger partial charge in [-0.1, -0.05) is 36.4 Å². The van der Waals surface area contributed by atoms with Crippen LogP contribution >= 0.6 is 0 Å². The summed E-state index contributed by atoms with van der Waals surface area (Å²) in [5, 5.41) is 6.36. The Labute approximate surface area is 233 Å². The zero-order valence-electron chi connectivity index (χ0n) is 22.4. The van der Waals surface area contributed by atoms with Crippen LogP contribution in [0.5, 0.6) is 0 Å². The zero-order valence-corrected chi connectivity index (χ0v) is 22.4. The first kappa shape index (κ1) is 27.3. The van der Waals surface area contributed by atoms with Crippen molar-refractivity contribution in [3.8, 4) is 0 Å². The normalized spacial score (nSPS) is 15.9. The summed E-state index contributed by atoms with van der Waals surface area (Å²) >= 11 is 0. The van der Waals surface area contributed by atoms with Crippen LogP contribution in [-0.4, -0.2) is 79.9 Å². The number of halogens is 1. The Morgan fingerprint density at radius 2 is 1.48 bits per heavy atom. The lowest BCUT2D eigenvalue weighted by molar-refractivity contribution is -0.115. The molecular weight excluding hydrogens is 509 g/mol. The highest BCUT2D eigenvalue weighted by Crippen LogP contribution is 2.29. The molecule has 0 atom stereocenters. The molecule has 3 aromatic rings. The van der Waals surface area contributed by atoms with Crippen LogP contribution in [0.4, 0.5) is 15.8 Å². The van der Waals surface area contributed by atoms with E-state index >= 15 is 0 Å². The average Bonchev–Trinajstić information content (AvgIpc) is 3.27. The first-order valence-electron chi connectivity index (χ1n) is 13.8. The molecule has 2 aliphatic heterocycles. The van der Waals surface area contributed by atoms with Crippen molar-refractivity contribution < 1.29 is 18.8 Å². The van der Waals surface area contributed by atoms with Gasteiger partial charge < -0.3 is 25.3 Å². The van der Waals surface area contributed by atoms with Crippen LogP contribution in [0.3, 0.4) is 0 Å². The minimum absolute atomic E-state index is 0.0562. The number of piperazine rings is 1. The van der Waals surface area contributed by atoms with Gasteiger partial charge >= 0.3 is 0 Å². The van der Waals surface area contributed by atoms with Gasteiger partial charge in [0.15, 0.2) is 0 Å². The van der Waals surface area contributed by atoms with E-state index in [4.69, 9.17) is 0 Å². The van der Waals surface area contributed by atoms with Gasteiger partial charge in [0.25, 0.3) is 11.8 Å². The second-order valence-electron chi connectivity index (χ2n) is 10.1. The van der Waals surface area contributed by atoms with Crippen molar-refractivity contribution in [1.29, 1.82) is 0 Å². The van der Waals surface area contributed by atoms with Gasteiger partial charge in [0, 0.05) is 56.9 Å². The summed E-state index contributed by atoms with van der Waals surface area (Å²) < 4.78 is 13.6. The van der Waals surface area contributed by atoms with Crippen LogP contribution in [0.1, 0.15) is 32.7 Å². The predicted octanol–water partition coefficient (Wildman–Crippen LogP) is 3.40. The summed E-state index contributed by atoms with van der Waals surface area (Å²) in [6.45, 7) is 4.94. The Morgan fingerprint density at radius 3 is 2.23 bits per heavy atom. The van der Waals surface area contributed by atoms with Crippen molar-refractivity contribution in [2.75, 3.05) is 62.6 Å². The van der Waals surface area contributed by atoms with E-state index in [-0.39, 0.29) is 24.1 Å². The van der Waals surface area contributed by atoms with E-state index in [0.717, 1.165) is 30.8 Å². The van der Waals surface area contributed by atoms with Crippen LogP contribution in [-0.2, 0) is 11.2 Å². The number of nitrogens with zero attached hydrogens (tertiary/aromatic N) is 3. The van der Waals surface area contributed by atoms with Gasteiger partial charge in [0.1, 0.15) is 5.82 Å². The Hall–Kier alpha value is -4.24. The highest BCUT2D eigenvalue weighted by Gasteiger charge is 2.26. The van der Waals surface area contributed by atoms with Crippen LogP contribution in [0.2, 0.25) is 0 Å². The number of nitrogens with one attached hydrogen (secondary N) is 2. The molecule has 0 radical (unpaired) electrons. The van der Waals surface area contributed by atoms with Gasteiger partial charge in [-0.3, -0.25) is 14.4 Å². The smallest absolute Gasteiger partial charge is 0.254 e. The molecule has 2 aliphatic rings. The van der Waals surface area contributed by atoms with Crippen molar-refractivity contribution in [2.24, 2.45) is 0 Å². The standard InChI is InChI=1S/C31H34FN5O3/c32-26-9-4-8-24(21-26)30(39)37-18-16-35(17-19-37)28-11-10-25(31(40)36-14-5-12-33-13-15-36)22-27(28)34-29(38)20-23-6-2-1-3-7-23/h1-4,6-11,21-22,33H,5,12-20H2,(H,34,38). The highest BCUT2D eigenvalue weighted by molar-refractivity contribution is 6.00. The van der Waals surface area contributed by atoms with Crippen molar-refractivity contribution >= 4 is 29.1 Å². The first-order chi connectivity index (χ1) is 19.5. The van der Waals surface area contributed by atoms with Crippen molar-refractivity contribution in [3.05, 3.63) is 95.3 Å². The fourth-order valence-corrected chi connectivity index (χ4v) is 5.21. The molecule has 3 amide bonds. The molecule has 0 aliphatic carbocycles. The summed E-state index contributed by atoms with van der Waals surface area (Å²) in [4.78, 5) is 45.0. The third-order valence-electron chi connectivity index (χ3n) is 7.33. The summed E-state index contributed by atoms with van der Waals surface area (Å²) in [6, 6.07) is 20.7. The van der Waals surface area contributed by atoms with Gasteiger partial charge in [0.05, 0.1) is 17.8 Å². The van der Waals surface area contributed by atoms with Crippen molar-refractivity contribution in [1.82, 2.24) is 15.1 Å². The third-order valence-corrected chi connectivity index (χ3v) is 7.33. The lowest BCUT2D eigenvalue weighted by atomic mass is 10.1. The first-order valence-corrected chi connectivity index (χ1v) is 13.8. The number of amides is 3. The zero-order chi connectivity index (χ0) is 27.9. The monoisotopic (exact) mass is 543 g/mol. The summed E-state index contributed by atoms with van der Waals surface area (Å²) in [5.74, 6) is -0.870. The summed E-state index contributed by atoms with van der Waals surface area (Å²) in [7, 11) is 0. The number of anilines is 2. The Morgan fingerprint density at radius 1 is 0.750 bits per heavy atom. The van der Waals surface area contributed by atoms with Crippen molar-refractivity contribution in [2.45, 2.75) is 12.8 Å². The molecular formula is C31H34FN5O3. The largest absolute Gasteiger partial charge is 0.366 e. The van der Waals surface area contributed by atoms with E-state index < -0.39 is 5.82 Å². The number of hydrogen-bond donors (Lipinski definition) is 2. The van der Waals surface area contributed by atoms with E-state index in [9.17, 15) is 18.8 Å². The molecule has 5 rings (SSSR count). The van der Waals surface area contributed by atoms with E-state index in [1.165, 1.54) is 18.2 Å². The molecule has 8 nitrogen and oxygen atoms in total. The lowest BCUT2D eigenvalue weighted by Crippen LogP contribution is -2.49. The molecule has 0 bridgehead atoms. The minimum atomic E-state index is -0.438. The van der Waals surface area contributed by atoms with Crippen LogP contribution in [0, 0.1) is 5.82 Å². The molecule has 2 N–H and O–H groups in total. The number of rotatable bonds is 6. The van der Waals surface area contributed by atoms with Crippen LogP contribution in [0.15, 0.2) is 72.8 Å². The molecule has 0 aromatic heterocycles. The van der Waals surface area contributed by atoms with E-state index in [2.05, 4.69) is 15.5 Å². The maximum absolute atomic E-state index is 13.6. The molecule has 2 saturated heterocycles. The number of benzene rings is 3. The molecule has 0 unspecified atom stereocenters. The number of carbonyl (C=O) groups is 3. The van der Waals surface area contributed by atoms with Crippen molar-refractivity contribution in [3.63, 3.8) is 0 Å². The van der Waals surface area contributed by atoms with Gasteiger partial charge in [-0.2, -0.15) is 0 Å². The van der Waals surface area contributed by atoms with E-state index in [1.54, 1.807) is 17.0 Å². The molecule has 40 heavy (non-hydrogen) atoms. The third kappa shape index (κ3) is 6.66. The lowest BCUT2D eigenvalue weighted by Gasteiger charge is -2.37. The summed E-state index contributed by atoms with van der Waals surface area (Å²) in [6.07, 6.45) is 1.11. The number of carbonyl (C=O) groups excluding carboxylic acids is 3. The molecule has 0 spiro atoms. The van der Waals surface area contributed by atoms with Gasteiger partial charge in [0.2, 0.25) is 5.91 Å². The van der Waals surface area contributed by atoms with Crippen LogP contribution < -0.4 is 15.5 Å². The second kappa shape index (κ2) is 12.7. The quantitative estimate of drug-likeness (QED) is 0.498. The molecule has 2 heterocycles. The molecule has 0 saturated carbocycles. The van der Waals surface area contributed by atoms with Gasteiger partial charge in [-0.05, 0) is 54.9 Å². The van der Waals surface area contributed by atoms with Gasteiger partial charge in [-0.25, -0.2) is 4.39 Å². The minimum Gasteiger partial charge on any atom is -0.366 e. The average molecular weight is 544 g/mol. The fraction of sp³-hybridized carbons (Fsp3) is 0.323. The van der Waals surface area contributed by atoms with Crippen LogP contribution in [0.25, 0.3) is 0 Å². The molecule has 208 valence electrons. The van der Waals surface area contributed by atoms with E-state index in [1.807, 2.05) is 47.4 Å². The maximum Gasteiger partial charge on any atom is 0.254 e. The Balaban J connectivity index is 1.34. The topological polar surface area (TPSA) is 85.0 Å². The summed E-state index contributed by atoms with van der Waals surface area (Å²) in [5.41, 5.74) is 3.13. The highest BCUT2D eigenvalue weighted by atomic mass is 19.1. The predicted molar refractivity (Wildman–Crippen MR) is 153 cm³/mol. The number of hydrogen-bond acceptors (Lipinski definition) is 5. The van der Waals surface area contributed by atoms with E-state index in [0.29, 0.717) is 56.1 Å². The fourth-order valence-electron chi connectivity index (χ4n) is 5.21.